The third kappa shape index (κ3) is 7.15. The number of hydrogen-bond acceptors (Lipinski definition) is 6. The van der Waals surface area contributed by atoms with E-state index in [1.165, 1.54) is 42.0 Å². The standard InChI is InChI=1S/C28H29F2N5O4/c1-2-17-4-3-5-18(10-17)15-32-16-25(24(31)13-19-11-21(29)14-22(30)12-19)39-26(36)20-6-8-23(9-7-20)35-27(37)33-34-28(35)38/h3-12,14,24-25,32H,2,13,15-16,31H2,1H3,(H,33,37)(H,34,38). The molecular weight excluding hydrogens is 508 g/mol. The summed E-state index contributed by atoms with van der Waals surface area (Å²) >= 11 is 0. The van der Waals surface area contributed by atoms with Gasteiger partial charge in [0.25, 0.3) is 0 Å². The van der Waals surface area contributed by atoms with Crippen molar-refractivity contribution in [2.45, 2.75) is 38.5 Å². The van der Waals surface area contributed by atoms with Gasteiger partial charge in [0, 0.05) is 25.2 Å². The molecule has 5 N–H and O–H groups in total. The van der Waals surface area contributed by atoms with Crippen molar-refractivity contribution >= 4 is 5.97 Å². The third-order valence-corrected chi connectivity index (χ3v) is 6.25. The summed E-state index contributed by atoms with van der Waals surface area (Å²) in [7, 11) is 0. The van der Waals surface area contributed by atoms with E-state index in [1.807, 2.05) is 18.2 Å². The Labute approximate surface area is 222 Å². The summed E-state index contributed by atoms with van der Waals surface area (Å²) in [5, 5.41) is 7.63. The summed E-state index contributed by atoms with van der Waals surface area (Å²) in [6.45, 7) is 2.75. The number of ether oxygens (including phenoxy) is 1. The van der Waals surface area contributed by atoms with Gasteiger partial charge in [-0.05, 0) is 65.9 Å². The first kappa shape index (κ1) is 27.7. The van der Waals surface area contributed by atoms with Gasteiger partial charge in [0.05, 0.1) is 11.3 Å². The van der Waals surface area contributed by atoms with Crippen molar-refractivity contribution in [1.29, 1.82) is 0 Å². The van der Waals surface area contributed by atoms with E-state index < -0.39 is 41.1 Å². The molecule has 2 unspecified atom stereocenters. The average Bonchev–Trinajstić information content (AvgIpc) is 3.25. The lowest BCUT2D eigenvalue weighted by Gasteiger charge is -2.25. The summed E-state index contributed by atoms with van der Waals surface area (Å²) in [5.74, 6) is -2.13. The van der Waals surface area contributed by atoms with Crippen LogP contribution in [-0.4, -0.2) is 39.4 Å². The molecule has 0 saturated carbocycles. The Morgan fingerprint density at radius 1 is 0.949 bits per heavy atom. The molecule has 39 heavy (non-hydrogen) atoms. The Bertz CT molecular complexity index is 1500. The van der Waals surface area contributed by atoms with Gasteiger partial charge in [0.15, 0.2) is 0 Å². The number of aromatic nitrogens is 3. The number of halogens is 2. The minimum atomic E-state index is -0.840. The maximum absolute atomic E-state index is 13.7. The van der Waals surface area contributed by atoms with Crippen LogP contribution in [-0.2, 0) is 24.1 Å². The van der Waals surface area contributed by atoms with Crippen molar-refractivity contribution in [1.82, 2.24) is 20.1 Å². The van der Waals surface area contributed by atoms with Crippen LogP contribution in [0.15, 0.2) is 76.3 Å². The van der Waals surface area contributed by atoms with Crippen LogP contribution in [0.25, 0.3) is 5.69 Å². The monoisotopic (exact) mass is 537 g/mol. The number of nitrogens with two attached hydrogens (primary N) is 1. The first-order chi connectivity index (χ1) is 18.7. The zero-order valence-electron chi connectivity index (χ0n) is 21.2. The summed E-state index contributed by atoms with van der Waals surface area (Å²) in [6, 6.07) is 16.1. The molecule has 9 nitrogen and oxygen atoms in total. The lowest BCUT2D eigenvalue weighted by Crippen LogP contribution is -2.46. The number of aryl methyl sites for hydroxylation is 1. The molecule has 3 aromatic carbocycles. The fourth-order valence-corrected chi connectivity index (χ4v) is 4.23. The highest BCUT2D eigenvalue weighted by Crippen LogP contribution is 2.15. The molecule has 0 radical (unpaired) electrons. The highest BCUT2D eigenvalue weighted by Gasteiger charge is 2.24. The van der Waals surface area contributed by atoms with E-state index in [9.17, 15) is 23.2 Å². The number of rotatable bonds is 11. The summed E-state index contributed by atoms with van der Waals surface area (Å²) < 4.78 is 34.1. The van der Waals surface area contributed by atoms with Gasteiger partial charge in [-0.2, -0.15) is 0 Å². The Morgan fingerprint density at radius 3 is 2.23 bits per heavy atom. The van der Waals surface area contributed by atoms with E-state index >= 15 is 0 Å². The summed E-state index contributed by atoms with van der Waals surface area (Å²) in [4.78, 5) is 36.7. The number of hydrogen-bond donors (Lipinski definition) is 4. The quantitative estimate of drug-likeness (QED) is 0.217. The first-order valence-electron chi connectivity index (χ1n) is 12.4. The Kier molecular flexibility index (Phi) is 8.84. The van der Waals surface area contributed by atoms with E-state index in [0.29, 0.717) is 12.1 Å². The maximum atomic E-state index is 13.7. The smallest absolute Gasteiger partial charge is 0.348 e. The van der Waals surface area contributed by atoms with Crippen molar-refractivity contribution < 1.29 is 18.3 Å². The second kappa shape index (κ2) is 12.5. The summed E-state index contributed by atoms with van der Waals surface area (Å²) in [6.07, 6.45) is 0.125. The average molecular weight is 538 g/mol. The number of esters is 1. The van der Waals surface area contributed by atoms with Crippen molar-refractivity contribution in [3.05, 3.63) is 122 Å². The predicted molar refractivity (Wildman–Crippen MR) is 142 cm³/mol. The fourth-order valence-electron chi connectivity index (χ4n) is 4.23. The van der Waals surface area contributed by atoms with Crippen molar-refractivity contribution in [2.75, 3.05) is 6.54 Å². The van der Waals surface area contributed by atoms with Crippen LogP contribution in [0.2, 0.25) is 0 Å². The molecule has 0 fully saturated rings. The van der Waals surface area contributed by atoms with E-state index in [1.54, 1.807) is 0 Å². The second-order valence-electron chi connectivity index (χ2n) is 9.14. The molecule has 0 aliphatic rings. The van der Waals surface area contributed by atoms with Crippen LogP contribution in [0.1, 0.15) is 34.0 Å². The van der Waals surface area contributed by atoms with Gasteiger partial charge >= 0.3 is 17.3 Å². The van der Waals surface area contributed by atoms with E-state index in [4.69, 9.17) is 10.5 Å². The largest absolute Gasteiger partial charge is 0.456 e. The lowest BCUT2D eigenvalue weighted by atomic mass is 10.0. The minimum absolute atomic E-state index is 0.0672. The number of benzene rings is 3. The van der Waals surface area contributed by atoms with Gasteiger partial charge < -0.3 is 15.8 Å². The molecule has 2 atom stereocenters. The van der Waals surface area contributed by atoms with Crippen LogP contribution < -0.4 is 22.4 Å². The molecule has 4 aromatic rings. The molecule has 11 heteroatoms. The van der Waals surface area contributed by atoms with Crippen LogP contribution in [0.5, 0.6) is 0 Å². The molecular formula is C28H29F2N5O4. The maximum Gasteiger partial charge on any atom is 0.348 e. The van der Waals surface area contributed by atoms with Gasteiger partial charge in [-0.1, -0.05) is 31.2 Å². The number of carbonyl (C=O) groups excluding carboxylic acids is 1. The summed E-state index contributed by atoms with van der Waals surface area (Å²) in [5.41, 5.74) is 8.09. The highest BCUT2D eigenvalue weighted by molar-refractivity contribution is 5.89. The molecule has 0 spiro atoms. The molecule has 0 bridgehead atoms. The van der Waals surface area contributed by atoms with Gasteiger partial charge in [-0.25, -0.2) is 37.9 Å². The number of carbonyl (C=O) groups is 1. The van der Waals surface area contributed by atoms with Gasteiger partial charge in [0.1, 0.15) is 17.7 Å². The number of nitrogens with zero attached hydrogens (tertiary/aromatic N) is 1. The SMILES string of the molecule is CCc1cccc(CNCC(OC(=O)c2ccc(-n3c(=O)[nH][nH]c3=O)cc2)C(N)Cc2cc(F)cc(F)c2)c1. The van der Waals surface area contributed by atoms with E-state index in [-0.39, 0.29) is 24.2 Å². The van der Waals surface area contributed by atoms with Crippen molar-refractivity contribution in [3.8, 4) is 5.69 Å². The van der Waals surface area contributed by atoms with Crippen molar-refractivity contribution in [2.24, 2.45) is 5.73 Å². The molecule has 0 saturated heterocycles. The van der Waals surface area contributed by atoms with Crippen LogP contribution in [0.3, 0.4) is 0 Å². The van der Waals surface area contributed by atoms with Crippen LogP contribution in [0.4, 0.5) is 8.78 Å². The molecule has 0 aliphatic heterocycles. The normalized spacial score (nSPS) is 12.7. The molecule has 0 amide bonds. The van der Waals surface area contributed by atoms with E-state index in [2.05, 4.69) is 28.5 Å². The van der Waals surface area contributed by atoms with Gasteiger partial charge in [-0.15, -0.1) is 0 Å². The molecule has 4 rings (SSSR count). The predicted octanol–water partition coefficient (Wildman–Crippen LogP) is 2.58. The topological polar surface area (TPSA) is 135 Å². The highest BCUT2D eigenvalue weighted by atomic mass is 19.1. The van der Waals surface area contributed by atoms with Crippen molar-refractivity contribution in [3.63, 3.8) is 0 Å². The third-order valence-electron chi connectivity index (χ3n) is 6.25. The van der Waals surface area contributed by atoms with Crippen LogP contribution >= 0.6 is 0 Å². The number of aromatic amines is 2. The van der Waals surface area contributed by atoms with E-state index in [0.717, 1.165) is 22.6 Å². The fraction of sp³-hybridized carbons (Fsp3) is 0.250. The van der Waals surface area contributed by atoms with Gasteiger partial charge in [-0.3, -0.25) is 0 Å². The Balaban J connectivity index is 1.49. The number of H-pyrrole nitrogens is 2. The molecule has 1 heterocycles. The zero-order valence-corrected chi connectivity index (χ0v) is 21.2. The Morgan fingerprint density at radius 2 is 1.59 bits per heavy atom. The lowest BCUT2D eigenvalue weighted by molar-refractivity contribution is 0.0238. The molecule has 1 aromatic heterocycles. The number of nitrogens with one attached hydrogen (secondary N) is 3. The molecule has 204 valence electrons. The second-order valence-corrected chi connectivity index (χ2v) is 9.14. The van der Waals surface area contributed by atoms with Gasteiger partial charge in [0.2, 0.25) is 0 Å². The minimum Gasteiger partial charge on any atom is -0.456 e. The van der Waals surface area contributed by atoms with Crippen LogP contribution in [0, 0.1) is 11.6 Å². The Hall–Kier alpha value is -4.35. The zero-order chi connectivity index (χ0) is 27.9. The first-order valence-corrected chi connectivity index (χ1v) is 12.4. The molecule has 0 aliphatic carbocycles.